The number of aromatic nitrogens is 3. The Labute approximate surface area is 196 Å². The van der Waals surface area contributed by atoms with Gasteiger partial charge in [-0.2, -0.15) is 0 Å². The van der Waals surface area contributed by atoms with E-state index < -0.39 is 5.82 Å². The topological polar surface area (TPSA) is 66.2 Å². The van der Waals surface area contributed by atoms with Gasteiger partial charge in [-0.25, -0.2) is 14.4 Å². The van der Waals surface area contributed by atoms with Crippen LogP contribution in [-0.2, 0) is 6.42 Å². The second kappa shape index (κ2) is 9.37. The summed E-state index contributed by atoms with van der Waals surface area (Å²) in [7, 11) is 0. The fourth-order valence-electron chi connectivity index (χ4n) is 4.38. The molecule has 1 fully saturated rings. The molecule has 33 heavy (non-hydrogen) atoms. The second-order valence-electron chi connectivity index (χ2n) is 8.27. The summed E-state index contributed by atoms with van der Waals surface area (Å²) in [5.74, 6) is 0.149. The number of fused-ring (bicyclic) bond motifs is 1. The third kappa shape index (κ3) is 4.51. The Hall–Kier alpha value is -3.16. The lowest BCUT2D eigenvalue weighted by Crippen LogP contribution is -2.29. The van der Waals surface area contributed by atoms with Crippen molar-refractivity contribution < 1.29 is 9.50 Å². The van der Waals surface area contributed by atoms with E-state index in [1.54, 1.807) is 6.07 Å². The highest BCUT2D eigenvalue weighted by atomic mass is 35.5. The molecule has 2 aromatic heterocycles. The number of nitrogens with zero attached hydrogens (tertiary/aromatic N) is 4. The van der Waals surface area contributed by atoms with Crippen molar-refractivity contribution in [2.24, 2.45) is 0 Å². The van der Waals surface area contributed by atoms with Gasteiger partial charge in [0.2, 0.25) is 0 Å². The van der Waals surface area contributed by atoms with Gasteiger partial charge >= 0.3 is 0 Å². The van der Waals surface area contributed by atoms with Crippen LogP contribution >= 0.6 is 11.6 Å². The number of aliphatic hydroxyl groups is 1. The fraction of sp³-hybridized carbons (Fsp3) is 0.280. The van der Waals surface area contributed by atoms with Crippen molar-refractivity contribution in [1.82, 2.24) is 14.5 Å². The molecule has 0 unspecified atom stereocenters. The maximum Gasteiger partial charge on any atom is 0.141 e. The third-order valence-electron chi connectivity index (χ3n) is 6.06. The summed E-state index contributed by atoms with van der Waals surface area (Å²) >= 11 is 5.94. The number of halogens is 2. The Balaban J connectivity index is 1.52. The van der Waals surface area contributed by atoms with Gasteiger partial charge in [0, 0.05) is 48.9 Å². The van der Waals surface area contributed by atoms with Crippen LogP contribution in [0.5, 0.6) is 0 Å². The number of nitrogens with one attached hydrogen (secondary N) is 1. The Morgan fingerprint density at radius 2 is 1.88 bits per heavy atom. The molecule has 0 bridgehead atoms. The van der Waals surface area contributed by atoms with Crippen LogP contribution in [0.25, 0.3) is 16.6 Å². The molecule has 2 aromatic carbocycles. The summed E-state index contributed by atoms with van der Waals surface area (Å²) in [6, 6.07) is 10.5. The Kier molecular flexibility index (Phi) is 6.15. The van der Waals surface area contributed by atoms with E-state index in [1.165, 1.54) is 43.4 Å². The van der Waals surface area contributed by atoms with Gasteiger partial charge in [0.05, 0.1) is 16.2 Å². The van der Waals surface area contributed by atoms with Crippen LogP contribution in [0.3, 0.4) is 0 Å². The van der Waals surface area contributed by atoms with Crippen molar-refractivity contribution in [3.8, 4) is 5.69 Å². The lowest BCUT2D eigenvalue weighted by Gasteiger charge is -2.28. The molecule has 0 atom stereocenters. The first kappa shape index (κ1) is 21.7. The average Bonchev–Trinajstić information content (AvgIpc) is 3.26. The van der Waals surface area contributed by atoms with Crippen LogP contribution in [0.4, 0.5) is 21.6 Å². The maximum atomic E-state index is 13.5. The van der Waals surface area contributed by atoms with Gasteiger partial charge in [-0.05, 0) is 67.6 Å². The van der Waals surface area contributed by atoms with Crippen molar-refractivity contribution in [3.63, 3.8) is 0 Å². The molecule has 170 valence electrons. The van der Waals surface area contributed by atoms with E-state index in [4.69, 9.17) is 11.6 Å². The zero-order chi connectivity index (χ0) is 22.8. The van der Waals surface area contributed by atoms with Crippen LogP contribution in [0, 0.1) is 5.82 Å². The van der Waals surface area contributed by atoms with E-state index in [0.29, 0.717) is 17.9 Å². The normalized spacial score (nSPS) is 14.1. The number of hydrogen-bond donors (Lipinski definition) is 2. The molecule has 1 aliphatic rings. The molecule has 1 aliphatic heterocycles. The molecule has 0 aliphatic carbocycles. The zero-order valence-corrected chi connectivity index (χ0v) is 18.9. The molecule has 0 radical (unpaired) electrons. The van der Waals surface area contributed by atoms with Gasteiger partial charge in [0.15, 0.2) is 0 Å². The molecule has 4 aromatic rings. The van der Waals surface area contributed by atoms with E-state index in [0.717, 1.165) is 35.2 Å². The summed E-state index contributed by atoms with van der Waals surface area (Å²) in [6.45, 7) is 2.20. The van der Waals surface area contributed by atoms with Crippen LogP contribution < -0.4 is 10.2 Å². The smallest absolute Gasteiger partial charge is 0.141 e. The van der Waals surface area contributed by atoms with Crippen LogP contribution in [0.15, 0.2) is 55.1 Å². The molecule has 8 heteroatoms. The fourth-order valence-corrected chi connectivity index (χ4v) is 4.56. The molecule has 1 saturated heterocycles. The van der Waals surface area contributed by atoms with Gasteiger partial charge in [-0.3, -0.25) is 0 Å². The minimum absolute atomic E-state index is 0.0491. The molecule has 0 spiro atoms. The summed E-state index contributed by atoms with van der Waals surface area (Å²) in [5.41, 5.74) is 4.74. The molecular weight excluding hydrogens is 441 g/mol. The lowest BCUT2D eigenvalue weighted by atomic mass is 10.1. The van der Waals surface area contributed by atoms with Crippen molar-refractivity contribution >= 4 is 39.7 Å². The van der Waals surface area contributed by atoms with Gasteiger partial charge in [-0.1, -0.05) is 11.6 Å². The summed E-state index contributed by atoms with van der Waals surface area (Å²) in [6.07, 6.45) is 10.0. The van der Waals surface area contributed by atoms with Crippen LogP contribution in [0.2, 0.25) is 5.02 Å². The van der Waals surface area contributed by atoms with Crippen molar-refractivity contribution in [3.05, 3.63) is 71.5 Å². The molecule has 0 saturated carbocycles. The van der Waals surface area contributed by atoms with Gasteiger partial charge < -0.3 is 19.9 Å². The van der Waals surface area contributed by atoms with Crippen LogP contribution in [-0.4, -0.2) is 39.3 Å². The summed E-state index contributed by atoms with van der Waals surface area (Å²) in [4.78, 5) is 11.2. The minimum atomic E-state index is -0.465. The van der Waals surface area contributed by atoms with E-state index in [1.807, 2.05) is 18.2 Å². The van der Waals surface area contributed by atoms with E-state index >= 15 is 0 Å². The zero-order valence-electron chi connectivity index (χ0n) is 18.1. The first-order valence-electron chi connectivity index (χ1n) is 11.2. The molecule has 5 rings (SSSR count). The lowest BCUT2D eigenvalue weighted by molar-refractivity contribution is 0.299. The average molecular weight is 466 g/mol. The number of benzene rings is 2. The van der Waals surface area contributed by atoms with E-state index in [2.05, 4.69) is 37.1 Å². The Morgan fingerprint density at radius 1 is 1.03 bits per heavy atom. The Morgan fingerprint density at radius 3 is 2.67 bits per heavy atom. The van der Waals surface area contributed by atoms with Gasteiger partial charge in [-0.15, -0.1) is 0 Å². The molecule has 3 heterocycles. The first-order valence-corrected chi connectivity index (χ1v) is 11.5. The van der Waals surface area contributed by atoms with Gasteiger partial charge in [0.1, 0.15) is 18.0 Å². The largest absolute Gasteiger partial charge is 0.396 e. The SMILES string of the molecule is OCCc1cn(-c2ccc3ncnc(Nc4ccc(F)c(Cl)c4)c3c2)cc1N1CCCCC1. The molecule has 0 amide bonds. The summed E-state index contributed by atoms with van der Waals surface area (Å²) in [5, 5.41) is 13.7. The number of hydrogen-bond acceptors (Lipinski definition) is 5. The second-order valence-corrected chi connectivity index (χ2v) is 8.68. The monoisotopic (exact) mass is 465 g/mol. The quantitative estimate of drug-likeness (QED) is 0.394. The van der Waals surface area contributed by atoms with E-state index in [9.17, 15) is 9.50 Å². The predicted octanol–water partition coefficient (Wildman–Crippen LogP) is 5.48. The number of piperidine rings is 1. The standard InChI is InChI=1S/C25H25ClFN5O/c26-21-12-18(4-6-22(21)27)30-25-20-13-19(5-7-23(20)28-16-29-25)32-14-17(8-11-33)24(15-32)31-9-2-1-3-10-31/h4-7,12-16,33H,1-3,8-11H2,(H,28,29,30). The van der Waals surface area contributed by atoms with Crippen molar-refractivity contribution in [2.75, 3.05) is 29.9 Å². The van der Waals surface area contributed by atoms with Gasteiger partial charge in [0.25, 0.3) is 0 Å². The highest BCUT2D eigenvalue weighted by Gasteiger charge is 2.17. The Bertz CT molecular complexity index is 1290. The van der Waals surface area contributed by atoms with Crippen molar-refractivity contribution in [2.45, 2.75) is 25.7 Å². The number of aliphatic hydroxyl groups excluding tert-OH is 1. The minimum Gasteiger partial charge on any atom is -0.396 e. The highest BCUT2D eigenvalue weighted by Crippen LogP contribution is 2.31. The molecular formula is C25H25ClFN5O. The van der Waals surface area contributed by atoms with Crippen LogP contribution in [0.1, 0.15) is 24.8 Å². The molecule has 6 nitrogen and oxygen atoms in total. The number of rotatable bonds is 6. The first-order chi connectivity index (χ1) is 16.1. The summed E-state index contributed by atoms with van der Waals surface area (Å²) < 4.78 is 15.6. The third-order valence-corrected chi connectivity index (χ3v) is 6.35. The maximum absolute atomic E-state index is 13.5. The van der Waals surface area contributed by atoms with E-state index in [-0.39, 0.29) is 11.6 Å². The predicted molar refractivity (Wildman–Crippen MR) is 130 cm³/mol. The number of anilines is 3. The molecule has 2 N–H and O–H groups in total. The highest BCUT2D eigenvalue weighted by molar-refractivity contribution is 6.31. The van der Waals surface area contributed by atoms with Crippen molar-refractivity contribution in [1.29, 1.82) is 0 Å².